The molecule has 14 heavy (non-hydrogen) atoms. The molecule has 78 valence electrons. The Kier molecular flexibility index (Phi) is 3.13. The number of aliphatic hydroxyl groups excluding tert-OH is 1. The summed E-state index contributed by atoms with van der Waals surface area (Å²) >= 11 is 0. The quantitative estimate of drug-likeness (QED) is 0.621. The molecule has 5 N–H and O–H groups in total. The smallest absolute Gasteiger partial charge is 0.0704 e. The monoisotopic (exact) mass is 194 g/mol. The lowest BCUT2D eigenvalue weighted by Gasteiger charge is -2.18. The highest BCUT2D eigenvalue weighted by atomic mass is 16.3. The molecule has 3 heteroatoms. The molecule has 1 aromatic carbocycles. The minimum Gasteiger partial charge on any atom is -0.399 e. The Hall–Kier alpha value is -1.06. The Morgan fingerprint density at radius 3 is 2.29 bits per heavy atom. The summed E-state index contributed by atoms with van der Waals surface area (Å²) in [6.45, 7) is 5.58. The van der Waals surface area contributed by atoms with Crippen LogP contribution in [0.1, 0.15) is 29.7 Å². The van der Waals surface area contributed by atoms with Crippen molar-refractivity contribution in [3.8, 4) is 0 Å². The van der Waals surface area contributed by atoms with Gasteiger partial charge in [0.05, 0.1) is 12.1 Å². The third kappa shape index (κ3) is 2.05. The second-order valence-electron chi connectivity index (χ2n) is 3.83. The summed E-state index contributed by atoms with van der Waals surface area (Å²) in [5.41, 5.74) is 15.4. The van der Waals surface area contributed by atoms with E-state index >= 15 is 0 Å². The lowest BCUT2D eigenvalue weighted by molar-refractivity contribution is 0.164. The van der Waals surface area contributed by atoms with Gasteiger partial charge in [-0.1, -0.05) is 6.07 Å². The average molecular weight is 194 g/mol. The summed E-state index contributed by atoms with van der Waals surface area (Å²) in [4.78, 5) is 0. The number of aliphatic hydroxyl groups is 1. The highest BCUT2D eigenvalue weighted by Gasteiger charge is 2.15. The predicted octanol–water partition coefficient (Wildman–Crippen LogP) is 1.27. The fourth-order valence-electron chi connectivity index (χ4n) is 1.48. The summed E-state index contributed by atoms with van der Waals surface area (Å²) in [5.74, 6) is 0. The van der Waals surface area contributed by atoms with Crippen molar-refractivity contribution in [1.82, 2.24) is 0 Å². The van der Waals surface area contributed by atoms with Crippen LogP contribution >= 0.6 is 0 Å². The number of hydrogen-bond acceptors (Lipinski definition) is 3. The van der Waals surface area contributed by atoms with Gasteiger partial charge in [0, 0.05) is 5.69 Å². The largest absolute Gasteiger partial charge is 0.399 e. The van der Waals surface area contributed by atoms with E-state index in [0.29, 0.717) is 0 Å². The number of benzene rings is 1. The number of aryl methyl sites for hydroxylation is 2. The SMILES string of the molecule is Cc1cc([C@H](N)[C@@H](C)O)c(C)cc1N. The van der Waals surface area contributed by atoms with Crippen LogP contribution < -0.4 is 11.5 Å². The zero-order valence-corrected chi connectivity index (χ0v) is 8.91. The maximum atomic E-state index is 9.40. The summed E-state index contributed by atoms with van der Waals surface area (Å²) in [5, 5.41) is 9.40. The first kappa shape index (κ1) is 11.0. The molecule has 0 aromatic heterocycles. The molecule has 1 aromatic rings. The van der Waals surface area contributed by atoms with Crippen molar-refractivity contribution in [3.05, 3.63) is 28.8 Å². The zero-order valence-electron chi connectivity index (χ0n) is 8.91. The normalized spacial score (nSPS) is 15.2. The van der Waals surface area contributed by atoms with Crippen molar-refractivity contribution < 1.29 is 5.11 Å². The second kappa shape index (κ2) is 3.98. The van der Waals surface area contributed by atoms with E-state index in [0.717, 1.165) is 22.4 Å². The van der Waals surface area contributed by atoms with Crippen molar-refractivity contribution in [2.24, 2.45) is 5.73 Å². The number of anilines is 1. The third-order valence-electron chi connectivity index (χ3n) is 2.53. The summed E-state index contributed by atoms with van der Waals surface area (Å²) < 4.78 is 0. The third-order valence-corrected chi connectivity index (χ3v) is 2.53. The molecule has 0 aliphatic carbocycles. The molecule has 0 unspecified atom stereocenters. The minimum absolute atomic E-state index is 0.339. The first-order valence-corrected chi connectivity index (χ1v) is 4.73. The van der Waals surface area contributed by atoms with E-state index in [2.05, 4.69) is 0 Å². The summed E-state index contributed by atoms with van der Waals surface area (Å²) in [7, 11) is 0. The van der Waals surface area contributed by atoms with Crippen molar-refractivity contribution in [2.75, 3.05) is 5.73 Å². The average Bonchev–Trinajstić information content (AvgIpc) is 2.10. The fraction of sp³-hybridized carbons (Fsp3) is 0.455. The van der Waals surface area contributed by atoms with E-state index in [9.17, 15) is 5.11 Å². The highest BCUT2D eigenvalue weighted by molar-refractivity contribution is 5.52. The van der Waals surface area contributed by atoms with E-state index < -0.39 is 6.10 Å². The van der Waals surface area contributed by atoms with E-state index in [4.69, 9.17) is 11.5 Å². The van der Waals surface area contributed by atoms with Crippen molar-refractivity contribution >= 4 is 5.69 Å². The molecule has 0 fully saturated rings. The molecule has 0 saturated carbocycles. The van der Waals surface area contributed by atoms with E-state index in [1.54, 1.807) is 6.92 Å². The Morgan fingerprint density at radius 1 is 1.21 bits per heavy atom. The Balaban J connectivity index is 3.15. The topological polar surface area (TPSA) is 72.3 Å². The molecular formula is C11H18N2O. The molecule has 0 heterocycles. The maximum absolute atomic E-state index is 9.40. The van der Waals surface area contributed by atoms with Gasteiger partial charge >= 0.3 is 0 Å². The molecule has 0 spiro atoms. The van der Waals surface area contributed by atoms with Crippen LogP contribution in [0.2, 0.25) is 0 Å². The van der Waals surface area contributed by atoms with Gasteiger partial charge < -0.3 is 16.6 Å². The van der Waals surface area contributed by atoms with Crippen LogP contribution in [-0.2, 0) is 0 Å². The molecule has 2 atom stereocenters. The fourth-order valence-corrected chi connectivity index (χ4v) is 1.48. The van der Waals surface area contributed by atoms with Gasteiger partial charge in [-0.25, -0.2) is 0 Å². The van der Waals surface area contributed by atoms with Gasteiger partial charge in [-0.05, 0) is 43.5 Å². The number of rotatable bonds is 2. The van der Waals surface area contributed by atoms with Crippen molar-refractivity contribution in [2.45, 2.75) is 32.9 Å². The van der Waals surface area contributed by atoms with Gasteiger partial charge in [-0.3, -0.25) is 0 Å². The molecule has 0 aliphatic rings. The first-order chi connectivity index (χ1) is 6.43. The van der Waals surface area contributed by atoms with E-state index in [1.807, 2.05) is 26.0 Å². The van der Waals surface area contributed by atoms with Crippen LogP contribution in [0, 0.1) is 13.8 Å². The lowest BCUT2D eigenvalue weighted by Crippen LogP contribution is -2.24. The molecule has 0 bridgehead atoms. The Bertz CT molecular complexity index is 334. The molecule has 3 nitrogen and oxygen atoms in total. The van der Waals surface area contributed by atoms with E-state index in [-0.39, 0.29) is 6.04 Å². The summed E-state index contributed by atoms with van der Waals surface area (Å²) in [6, 6.07) is 3.50. The Morgan fingerprint density at radius 2 is 1.79 bits per heavy atom. The Labute approximate surface area is 84.7 Å². The van der Waals surface area contributed by atoms with Gasteiger partial charge in [0.2, 0.25) is 0 Å². The van der Waals surface area contributed by atoms with Gasteiger partial charge in [0.15, 0.2) is 0 Å². The maximum Gasteiger partial charge on any atom is 0.0704 e. The van der Waals surface area contributed by atoms with Crippen LogP contribution in [-0.4, -0.2) is 11.2 Å². The van der Waals surface area contributed by atoms with Crippen LogP contribution in [0.4, 0.5) is 5.69 Å². The van der Waals surface area contributed by atoms with Crippen LogP contribution in [0.3, 0.4) is 0 Å². The van der Waals surface area contributed by atoms with Gasteiger partial charge in [0.1, 0.15) is 0 Å². The number of nitrogen functional groups attached to an aromatic ring is 1. The van der Waals surface area contributed by atoms with Crippen LogP contribution in [0.15, 0.2) is 12.1 Å². The van der Waals surface area contributed by atoms with E-state index in [1.165, 1.54) is 0 Å². The molecule has 0 amide bonds. The second-order valence-corrected chi connectivity index (χ2v) is 3.83. The summed E-state index contributed by atoms with van der Waals surface area (Å²) in [6.07, 6.45) is -0.545. The molecule has 1 rings (SSSR count). The molecule has 0 saturated heterocycles. The standard InChI is InChI=1S/C11H18N2O/c1-6-5-10(12)7(2)4-9(6)11(13)8(3)14/h4-5,8,11,14H,12-13H2,1-3H3/t8-,11-/m1/s1. The van der Waals surface area contributed by atoms with Gasteiger partial charge in [0.25, 0.3) is 0 Å². The predicted molar refractivity (Wildman–Crippen MR) is 58.9 cm³/mol. The van der Waals surface area contributed by atoms with Crippen molar-refractivity contribution in [3.63, 3.8) is 0 Å². The molecular weight excluding hydrogens is 176 g/mol. The molecule has 0 aliphatic heterocycles. The van der Waals surface area contributed by atoms with Crippen LogP contribution in [0.5, 0.6) is 0 Å². The van der Waals surface area contributed by atoms with Gasteiger partial charge in [-0.15, -0.1) is 0 Å². The zero-order chi connectivity index (χ0) is 10.9. The van der Waals surface area contributed by atoms with Crippen LogP contribution in [0.25, 0.3) is 0 Å². The number of nitrogens with two attached hydrogens (primary N) is 2. The highest BCUT2D eigenvalue weighted by Crippen LogP contribution is 2.23. The van der Waals surface area contributed by atoms with Gasteiger partial charge in [-0.2, -0.15) is 0 Å². The lowest BCUT2D eigenvalue weighted by atomic mass is 9.95. The molecule has 0 radical (unpaired) electrons. The van der Waals surface area contributed by atoms with Crippen molar-refractivity contribution in [1.29, 1.82) is 0 Å². The number of hydrogen-bond donors (Lipinski definition) is 3. The minimum atomic E-state index is -0.545. The first-order valence-electron chi connectivity index (χ1n) is 4.73.